The second-order valence-corrected chi connectivity index (χ2v) is 5.44. The zero-order valence-corrected chi connectivity index (χ0v) is 14.0. The van der Waals surface area contributed by atoms with Crippen molar-refractivity contribution in [3.63, 3.8) is 0 Å². The summed E-state index contributed by atoms with van der Waals surface area (Å²) >= 11 is 0. The summed E-state index contributed by atoms with van der Waals surface area (Å²) in [6.07, 6.45) is 0. The van der Waals surface area contributed by atoms with Gasteiger partial charge in [-0.2, -0.15) is 0 Å². The maximum absolute atomic E-state index is 6.02. The molecule has 24 heavy (non-hydrogen) atoms. The van der Waals surface area contributed by atoms with E-state index < -0.39 is 0 Å². The van der Waals surface area contributed by atoms with Crippen LogP contribution in [0.5, 0.6) is 17.2 Å². The third kappa shape index (κ3) is 2.93. The van der Waals surface area contributed by atoms with Gasteiger partial charge in [-0.25, -0.2) is 4.98 Å². The number of anilines is 1. The van der Waals surface area contributed by atoms with E-state index in [4.69, 9.17) is 19.9 Å². The third-order valence-corrected chi connectivity index (χ3v) is 3.87. The number of methoxy groups -OCH3 is 2. The van der Waals surface area contributed by atoms with Crippen molar-refractivity contribution < 1.29 is 14.2 Å². The van der Waals surface area contributed by atoms with Gasteiger partial charge in [-0.1, -0.05) is 18.2 Å². The summed E-state index contributed by atoms with van der Waals surface area (Å²) in [7, 11) is 3.19. The van der Waals surface area contributed by atoms with E-state index in [0.29, 0.717) is 22.9 Å². The second kappa shape index (κ2) is 6.66. The molecule has 0 atom stereocenters. The topological polar surface area (TPSA) is 66.6 Å². The Hall–Kier alpha value is -2.95. The molecule has 0 bridgehead atoms. The molecular formula is C19H20N2O3. The summed E-state index contributed by atoms with van der Waals surface area (Å²) in [6, 6.07) is 13.4. The van der Waals surface area contributed by atoms with Crippen molar-refractivity contribution in [2.24, 2.45) is 0 Å². The largest absolute Gasteiger partial charge is 0.496 e. The number of para-hydroxylation sites is 1. The van der Waals surface area contributed by atoms with E-state index in [9.17, 15) is 0 Å². The Morgan fingerprint density at radius 3 is 2.54 bits per heavy atom. The molecule has 2 aromatic carbocycles. The van der Waals surface area contributed by atoms with Crippen LogP contribution < -0.4 is 19.9 Å². The lowest BCUT2D eigenvalue weighted by atomic mass is 10.1. The highest BCUT2D eigenvalue weighted by atomic mass is 16.5. The minimum atomic E-state index is 0.270. The molecule has 124 valence electrons. The lowest BCUT2D eigenvalue weighted by Crippen LogP contribution is -2.04. The highest BCUT2D eigenvalue weighted by Crippen LogP contribution is 2.35. The average molecular weight is 324 g/mol. The van der Waals surface area contributed by atoms with E-state index >= 15 is 0 Å². The summed E-state index contributed by atoms with van der Waals surface area (Å²) in [6.45, 7) is 2.23. The van der Waals surface area contributed by atoms with Crippen LogP contribution in [-0.2, 0) is 6.61 Å². The molecule has 0 aliphatic rings. The fourth-order valence-corrected chi connectivity index (χ4v) is 2.68. The Morgan fingerprint density at radius 1 is 0.958 bits per heavy atom. The first-order valence-corrected chi connectivity index (χ1v) is 7.62. The van der Waals surface area contributed by atoms with E-state index in [-0.39, 0.29) is 6.61 Å². The van der Waals surface area contributed by atoms with Crippen LogP contribution in [0.15, 0.2) is 42.5 Å². The number of ether oxygens (including phenoxy) is 3. The fraction of sp³-hybridized carbons (Fsp3) is 0.211. The van der Waals surface area contributed by atoms with Crippen molar-refractivity contribution in [2.45, 2.75) is 13.5 Å². The quantitative estimate of drug-likeness (QED) is 0.725. The molecule has 1 aromatic heterocycles. The number of hydrogen-bond donors (Lipinski definition) is 1. The van der Waals surface area contributed by atoms with Gasteiger partial charge >= 0.3 is 0 Å². The first-order chi connectivity index (χ1) is 11.6. The Morgan fingerprint density at radius 2 is 1.79 bits per heavy atom. The van der Waals surface area contributed by atoms with E-state index in [1.165, 1.54) is 0 Å². The number of hydrogen-bond acceptors (Lipinski definition) is 5. The van der Waals surface area contributed by atoms with Gasteiger partial charge in [0.2, 0.25) is 0 Å². The van der Waals surface area contributed by atoms with Crippen LogP contribution in [0.2, 0.25) is 0 Å². The monoisotopic (exact) mass is 324 g/mol. The Balaban J connectivity index is 1.97. The van der Waals surface area contributed by atoms with Gasteiger partial charge in [-0.3, -0.25) is 0 Å². The smallest absolute Gasteiger partial charge is 0.152 e. The minimum Gasteiger partial charge on any atom is -0.496 e. The number of aromatic nitrogens is 1. The number of rotatable bonds is 5. The molecule has 5 nitrogen and oxygen atoms in total. The molecule has 0 fully saturated rings. The van der Waals surface area contributed by atoms with Crippen LogP contribution in [0.4, 0.5) is 5.69 Å². The Kier molecular flexibility index (Phi) is 4.42. The Bertz CT molecular complexity index is 878. The standard InChI is InChI=1S/C19H20N2O3/c1-12-7-8-13-5-4-6-17(18(13)21-12)24-11-14-16(22-2)10-9-15(20)19(14)23-3/h4-10H,11,20H2,1-3H3. The van der Waals surface area contributed by atoms with Crippen LogP contribution in [-0.4, -0.2) is 19.2 Å². The van der Waals surface area contributed by atoms with E-state index in [1.807, 2.05) is 43.3 Å². The summed E-state index contributed by atoms with van der Waals surface area (Å²) in [5.74, 6) is 1.95. The number of nitrogens with zero attached hydrogens (tertiary/aromatic N) is 1. The molecule has 5 heteroatoms. The van der Waals surface area contributed by atoms with Crippen molar-refractivity contribution in [3.8, 4) is 17.2 Å². The fourth-order valence-electron chi connectivity index (χ4n) is 2.68. The van der Waals surface area contributed by atoms with Crippen molar-refractivity contribution in [2.75, 3.05) is 20.0 Å². The summed E-state index contributed by atoms with van der Waals surface area (Å²) in [4.78, 5) is 4.58. The molecule has 1 heterocycles. The molecule has 0 aliphatic carbocycles. The molecule has 0 amide bonds. The molecule has 2 N–H and O–H groups in total. The molecule has 0 radical (unpaired) electrons. The predicted molar refractivity (Wildman–Crippen MR) is 94.8 cm³/mol. The maximum Gasteiger partial charge on any atom is 0.152 e. The zero-order chi connectivity index (χ0) is 17.1. The Labute approximate surface area is 141 Å². The SMILES string of the molecule is COc1ccc(N)c(OC)c1COc1cccc2ccc(C)nc12. The van der Waals surface area contributed by atoms with Gasteiger partial charge < -0.3 is 19.9 Å². The summed E-state index contributed by atoms with van der Waals surface area (Å²) in [5, 5.41) is 1.03. The van der Waals surface area contributed by atoms with Crippen molar-refractivity contribution in [1.82, 2.24) is 4.98 Å². The van der Waals surface area contributed by atoms with Gasteiger partial charge in [0.25, 0.3) is 0 Å². The van der Waals surface area contributed by atoms with E-state index in [2.05, 4.69) is 4.98 Å². The molecule has 0 saturated heterocycles. The zero-order valence-electron chi connectivity index (χ0n) is 14.0. The van der Waals surface area contributed by atoms with E-state index in [1.54, 1.807) is 20.3 Å². The molecule has 0 spiro atoms. The highest BCUT2D eigenvalue weighted by Gasteiger charge is 2.15. The van der Waals surface area contributed by atoms with Crippen LogP contribution in [0.3, 0.4) is 0 Å². The number of benzene rings is 2. The van der Waals surface area contributed by atoms with Gasteiger partial charge in [0, 0.05) is 11.1 Å². The first kappa shape index (κ1) is 15.9. The lowest BCUT2D eigenvalue weighted by molar-refractivity contribution is 0.289. The number of nitrogen functional groups attached to an aromatic ring is 1. The first-order valence-electron chi connectivity index (χ1n) is 7.62. The van der Waals surface area contributed by atoms with Crippen LogP contribution >= 0.6 is 0 Å². The van der Waals surface area contributed by atoms with Gasteiger partial charge in [0.05, 0.1) is 25.5 Å². The molecule has 0 unspecified atom stereocenters. The number of fused-ring (bicyclic) bond motifs is 1. The third-order valence-electron chi connectivity index (χ3n) is 3.87. The van der Waals surface area contributed by atoms with Gasteiger partial charge in [0.15, 0.2) is 5.75 Å². The van der Waals surface area contributed by atoms with Crippen molar-refractivity contribution in [1.29, 1.82) is 0 Å². The van der Waals surface area contributed by atoms with Gasteiger partial charge in [-0.05, 0) is 31.2 Å². The second-order valence-electron chi connectivity index (χ2n) is 5.44. The average Bonchev–Trinajstić information content (AvgIpc) is 2.60. The van der Waals surface area contributed by atoms with Crippen molar-refractivity contribution in [3.05, 3.63) is 53.7 Å². The normalized spacial score (nSPS) is 10.6. The summed E-state index contributed by atoms with van der Waals surface area (Å²) in [5.41, 5.74) is 9.07. The molecule has 3 aromatic rings. The predicted octanol–water partition coefficient (Wildman–Crippen LogP) is 3.72. The minimum absolute atomic E-state index is 0.270. The number of nitrogens with two attached hydrogens (primary N) is 1. The molecule has 0 aliphatic heterocycles. The van der Waals surface area contributed by atoms with Crippen LogP contribution in [0, 0.1) is 6.92 Å². The summed E-state index contributed by atoms with van der Waals surface area (Å²) < 4.78 is 16.8. The molecule has 3 rings (SSSR count). The number of pyridine rings is 1. The molecular weight excluding hydrogens is 304 g/mol. The van der Waals surface area contributed by atoms with Gasteiger partial charge in [-0.15, -0.1) is 0 Å². The van der Waals surface area contributed by atoms with Crippen LogP contribution in [0.25, 0.3) is 10.9 Å². The van der Waals surface area contributed by atoms with Crippen LogP contribution in [0.1, 0.15) is 11.3 Å². The van der Waals surface area contributed by atoms with Crippen molar-refractivity contribution >= 4 is 16.6 Å². The highest BCUT2D eigenvalue weighted by molar-refractivity contribution is 5.84. The molecule has 0 saturated carbocycles. The lowest BCUT2D eigenvalue weighted by Gasteiger charge is -2.16. The number of aryl methyl sites for hydroxylation is 1. The van der Waals surface area contributed by atoms with E-state index in [0.717, 1.165) is 22.2 Å². The maximum atomic E-state index is 6.02. The van der Waals surface area contributed by atoms with Gasteiger partial charge in [0.1, 0.15) is 23.6 Å².